The molecule has 0 saturated carbocycles. The first-order chi connectivity index (χ1) is 7.48. The Morgan fingerprint density at radius 1 is 1.44 bits per heavy atom. The number of hydrogen-bond donors (Lipinski definition) is 1. The zero-order valence-corrected chi connectivity index (χ0v) is 9.81. The zero-order valence-electron chi connectivity index (χ0n) is 9.00. The van der Waals surface area contributed by atoms with Crippen molar-refractivity contribution in [3.05, 3.63) is 12.4 Å². The van der Waals surface area contributed by atoms with Crippen LogP contribution in [0, 0.1) is 0 Å². The van der Waals surface area contributed by atoms with Crippen LogP contribution in [0.25, 0.3) is 0 Å². The molecule has 0 spiro atoms. The van der Waals surface area contributed by atoms with Crippen molar-refractivity contribution < 1.29 is 8.42 Å². The van der Waals surface area contributed by atoms with Crippen LogP contribution in [0.15, 0.2) is 12.4 Å². The van der Waals surface area contributed by atoms with Gasteiger partial charge in [0, 0.05) is 13.1 Å². The highest BCUT2D eigenvalue weighted by molar-refractivity contribution is 7.91. The number of anilines is 2. The Kier molecular flexibility index (Phi) is 2.71. The summed E-state index contributed by atoms with van der Waals surface area (Å²) in [5, 5.41) is 0. The Bertz CT molecular complexity index is 471. The van der Waals surface area contributed by atoms with Gasteiger partial charge in [-0.25, -0.2) is 18.4 Å². The molecule has 1 fully saturated rings. The minimum Gasteiger partial charge on any atom is -0.396 e. The molecule has 2 rings (SSSR count). The van der Waals surface area contributed by atoms with Gasteiger partial charge in [0.05, 0.1) is 29.6 Å². The second kappa shape index (κ2) is 3.89. The summed E-state index contributed by atoms with van der Waals surface area (Å²) in [7, 11) is -1.08. The summed E-state index contributed by atoms with van der Waals surface area (Å²) in [5.41, 5.74) is 5.98. The molecule has 1 aliphatic rings. The lowest BCUT2D eigenvalue weighted by molar-refractivity contribution is 0.600. The number of nitrogen functional groups attached to an aromatic ring is 1. The molecule has 0 aliphatic carbocycles. The molecule has 1 unspecified atom stereocenters. The van der Waals surface area contributed by atoms with E-state index in [9.17, 15) is 8.42 Å². The molecule has 16 heavy (non-hydrogen) atoms. The van der Waals surface area contributed by atoms with Gasteiger partial charge in [0.2, 0.25) is 5.95 Å². The number of nitrogens with zero attached hydrogens (tertiary/aromatic N) is 3. The van der Waals surface area contributed by atoms with Crippen molar-refractivity contribution in [1.29, 1.82) is 0 Å². The highest BCUT2D eigenvalue weighted by atomic mass is 32.2. The maximum Gasteiger partial charge on any atom is 0.225 e. The van der Waals surface area contributed by atoms with Crippen LogP contribution >= 0.6 is 0 Å². The Balaban J connectivity index is 2.14. The van der Waals surface area contributed by atoms with E-state index in [1.165, 1.54) is 12.4 Å². The summed E-state index contributed by atoms with van der Waals surface area (Å²) in [6.07, 6.45) is 3.66. The summed E-state index contributed by atoms with van der Waals surface area (Å²) < 4.78 is 22.7. The van der Waals surface area contributed by atoms with Crippen LogP contribution < -0.4 is 10.6 Å². The molecule has 0 bridgehead atoms. The standard InChI is InChI=1S/C9H14N4O2S/c1-13(8-2-3-16(14,15)6-8)9-11-4-7(10)5-12-9/h4-5,8H,2-3,6,10H2,1H3. The third-order valence-corrected chi connectivity index (χ3v) is 4.48. The largest absolute Gasteiger partial charge is 0.396 e. The third kappa shape index (κ3) is 2.24. The van der Waals surface area contributed by atoms with E-state index in [1.54, 1.807) is 11.9 Å². The second-order valence-electron chi connectivity index (χ2n) is 3.98. The lowest BCUT2D eigenvalue weighted by Crippen LogP contribution is -2.33. The van der Waals surface area contributed by atoms with Crippen molar-refractivity contribution >= 4 is 21.5 Å². The molecule has 1 saturated heterocycles. The maximum atomic E-state index is 11.3. The Labute approximate surface area is 94.4 Å². The highest BCUT2D eigenvalue weighted by Gasteiger charge is 2.31. The topological polar surface area (TPSA) is 89.2 Å². The minimum absolute atomic E-state index is 0.0337. The van der Waals surface area contributed by atoms with Crippen molar-refractivity contribution in [1.82, 2.24) is 9.97 Å². The predicted octanol–water partition coefficient (Wildman–Crippen LogP) is -0.318. The monoisotopic (exact) mass is 242 g/mol. The molecule has 6 nitrogen and oxygen atoms in total. The van der Waals surface area contributed by atoms with Crippen molar-refractivity contribution in [3.8, 4) is 0 Å². The number of hydrogen-bond acceptors (Lipinski definition) is 6. The lowest BCUT2D eigenvalue weighted by Gasteiger charge is -2.22. The molecule has 88 valence electrons. The average Bonchev–Trinajstić information content (AvgIpc) is 2.59. The molecule has 0 radical (unpaired) electrons. The molecular weight excluding hydrogens is 228 g/mol. The van der Waals surface area contributed by atoms with Gasteiger partial charge in [-0.2, -0.15) is 0 Å². The fraction of sp³-hybridized carbons (Fsp3) is 0.556. The normalized spacial score (nSPS) is 23.2. The maximum absolute atomic E-state index is 11.3. The molecule has 0 amide bonds. The first-order valence-electron chi connectivity index (χ1n) is 4.99. The lowest BCUT2D eigenvalue weighted by atomic mass is 10.2. The Morgan fingerprint density at radius 3 is 2.56 bits per heavy atom. The van der Waals surface area contributed by atoms with E-state index in [0.29, 0.717) is 18.1 Å². The van der Waals surface area contributed by atoms with Crippen molar-refractivity contribution in [2.75, 3.05) is 29.2 Å². The molecule has 1 aromatic rings. The first-order valence-corrected chi connectivity index (χ1v) is 6.81. The van der Waals surface area contributed by atoms with Crippen LogP contribution in [0.4, 0.5) is 11.6 Å². The molecule has 0 aromatic carbocycles. The van der Waals surface area contributed by atoms with E-state index >= 15 is 0 Å². The molecule has 1 aliphatic heterocycles. The quantitative estimate of drug-likeness (QED) is 0.764. The van der Waals surface area contributed by atoms with E-state index in [2.05, 4.69) is 9.97 Å². The van der Waals surface area contributed by atoms with Gasteiger partial charge < -0.3 is 10.6 Å². The van der Waals surface area contributed by atoms with Crippen LogP contribution in [-0.4, -0.2) is 43.0 Å². The zero-order chi connectivity index (χ0) is 11.8. The number of aromatic nitrogens is 2. The Hall–Kier alpha value is -1.37. The van der Waals surface area contributed by atoms with E-state index < -0.39 is 9.84 Å². The van der Waals surface area contributed by atoms with Gasteiger partial charge >= 0.3 is 0 Å². The van der Waals surface area contributed by atoms with Crippen LogP contribution in [0.5, 0.6) is 0 Å². The van der Waals surface area contributed by atoms with Gasteiger partial charge in [0.1, 0.15) is 0 Å². The fourth-order valence-corrected chi connectivity index (χ4v) is 3.53. The summed E-state index contributed by atoms with van der Waals surface area (Å²) in [5.74, 6) is 0.935. The van der Waals surface area contributed by atoms with Gasteiger partial charge in [-0.3, -0.25) is 0 Å². The van der Waals surface area contributed by atoms with E-state index in [4.69, 9.17) is 5.73 Å². The minimum atomic E-state index is -2.88. The van der Waals surface area contributed by atoms with Crippen LogP contribution in [0.3, 0.4) is 0 Å². The predicted molar refractivity (Wildman–Crippen MR) is 61.9 cm³/mol. The molecule has 7 heteroatoms. The number of sulfone groups is 1. The van der Waals surface area contributed by atoms with Crippen molar-refractivity contribution in [2.45, 2.75) is 12.5 Å². The SMILES string of the molecule is CN(c1ncc(N)cn1)C1CCS(=O)(=O)C1. The van der Waals surface area contributed by atoms with E-state index in [-0.39, 0.29) is 17.5 Å². The molecular formula is C9H14N4O2S. The summed E-state index contributed by atoms with van der Waals surface area (Å²) in [6.45, 7) is 0. The first kappa shape index (κ1) is 11.1. The van der Waals surface area contributed by atoms with Gasteiger partial charge in [-0.15, -0.1) is 0 Å². The van der Waals surface area contributed by atoms with Crippen LogP contribution in [-0.2, 0) is 9.84 Å². The van der Waals surface area contributed by atoms with Crippen molar-refractivity contribution in [3.63, 3.8) is 0 Å². The molecule has 1 aromatic heterocycles. The van der Waals surface area contributed by atoms with Gasteiger partial charge in [0.15, 0.2) is 9.84 Å². The van der Waals surface area contributed by atoms with Gasteiger partial charge in [0.25, 0.3) is 0 Å². The second-order valence-corrected chi connectivity index (χ2v) is 6.21. The molecule has 2 heterocycles. The fourth-order valence-electron chi connectivity index (χ4n) is 1.76. The average molecular weight is 242 g/mol. The number of rotatable bonds is 2. The van der Waals surface area contributed by atoms with Gasteiger partial charge in [-0.1, -0.05) is 0 Å². The molecule has 1 atom stereocenters. The summed E-state index contributed by atoms with van der Waals surface area (Å²) >= 11 is 0. The summed E-state index contributed by atoms with van der Waals surface area (Å²) in [6, 6.07) is -0.0337. The van der Waals surface area contributed by atoms with Crippen LogP contribution in [0.2, 0.25) is 0 Å². The third-order valence-electron chi connectivity index (χ3n) is 2.73. The van der Waals surface area contributed by atoms with E-state index in [1.807, 2.05) is 0 Å². The summed E-state index contributed by atoms with van der Waals surface area (Å²) in [4.78, 5) is 9.93. The number of nitrogens with two attached hydrogens (primary N) is 1. The van der Waals surface area contributed by atoms with E-state index in [0.717, 1.165) is 0 Å². The highest BCUT2D eigenvalue weighted by Crippen LogP contribution is 2.19. The smallest absolute Gasteiger partial charge is 0.225 e. The van der Waals surface area contributed by atoms with Crippen LogP contribution in [0.1, 0.15) is 6.42 Å². The van der Waals surface area contributed by atoms with Crippen molar-refractivity contribution in [2.24, 2.45) is 0 Å². The van der Waals surface area contributed by atoms with Gasteiger partial charge in [-0.05, 0) is 6.42 Å². The Morgan fingerprint density at radius 2 is 2.06 bits per heavy atom. The molecule has 2 N–H and O–H groups in total.